The van der Waals surface area contributed by atoms with Crippen molar-refractivity contribution in [1.29, 1.82) is 0 Å². The summed E-state index contributed by atoms with van der Waals surface area (Å²) in [6.45, 7) is 3.98. The second-order valence-electron chi connectivity index (χ2n) is 6.42. The summed E-state index contributed by atoms with van der Waals surface area (Å²) >= 11 is 0. The van der Waals surface area contributed by atoms with Gasteiger partial charge in [-0.25, -0.2) is 14.6 Å². The molecule has 0 unspecified atom stereocenters. The molecule has 0 aliphatic heterocycles. The van der Waals surface area contributed by atoms with E-state index < -0.39 is 0 Å². The fourth-order valence-corrected chi connectivity index (χ4v) is 3.64. The second kappa shape index (κ2) is 7.46. The van der Waals surface area contributed by atoms with Gasteiger partial charge in [0.2, 0.25) is 0 Å². The summed E-state index contributed by atoms with van der Waals surface area (Å²) in [4.78, 5) is 20.5. The van der Waals surface area contributed by atoms with Gasteiger partial charge in [0.15, 0.2) is 5.65 Å². The molecule has 0 amide bonds. The highest BCUT2D eigenvalue weighted by Crippen LogP contribution is 2.33. The normalized spacial score (nSPS) is 15.0. The third-order valence-electron chi connectivity index (χ3n) is 4.73. The van der Waals surface area contributed by atoms with Crippen molar-refractivity contribution in [3.8, 4) is 11.4 Å². The van der Waals surface area contributed by atoms with E-state index in [1.54, 1.807) is 6.33 Å². The molecule has 3 aromatic heterocycles. The number of carboxylic acid groups (broad SMARTS) is 1. The van der Waals surface area contributed by atoms with Crippen molar-refractivity contribution in [2.45, 2.75) is 52.0 Å². The Kier molecular flexibility index (Phi) is 5.11. The van der Waals surface area contributed by atoms with Gasteiger partial charge < -0.3 is 10.1 Å². The fourth-order valence-electron chi connectivity index (χ4n) is 3.64. The van der Waals surface area contributed by atoms with E-state index in [1.807, 2.05) is 6.20 Å². The molecular weight excluding hydrogens is 318 g/mol. The van der Waals surface area contributed by atoms with Crippen LogP contribution in [0.4, 0.5) is 0 Å². The number of aromatic nitrogens is 5. The lowest BCUT2D eigenvalue weighted by atomic mass is 9.95. The summed E-state index contributed by atoms with van der Waals surface area (Å²) in [6.07, 6.45) is 9.88. The quantitative estimate of drug-likeness (QED) is 0.694. The van der Waals surface area contributed by atoms with Crippen LogP contribution in [-0.4, -0.2) is 36.3 Å². The van der Waals surface area contributed by atoms with Gasteiger partial charge in [-0.2, -0.15) is 5.10 Å². The van der Waals surface area contributed by atoms with Crippen LogP contribution in [0, 0.1) is 13.8 Å². The Balaban J connectivity index is 0.000000569. The Hall–Kier alpha value is -2.70. The number of nitrogens with zero attached hydrogens (tertiary/aromatic N) is 4. The zero-order chi connectivity index (χ0) is 17.8. The lowest BCUT2D eigenvalue weighted by Crippen LogP contribution is -2.14. The van der Waals surface area contributed by atoms with Gasteiger partial charge in [0, 0.05) is 5.39 Å². The Morgan fingerprint density at radius 3 is 2.64 bits per heavy atom. The van der Waals surface area contributed by atoms with Crippen molar-refractivity contribution in [2.75, 3.05) is 0 Å². The smallest absolute Gasteiger partial charge is 0.290 e. The molecule has 4 rings (SSSR count). The van der Waals surface area contributed by atoms with Crippen molar-refractivity contribution in [1.82, 2.24) is 24.7 Å². The minimum Gasteiger partial charge on any atom is -0.483 e. The number of aryl methyl sites for hydroxylation is 2. The molecule has 1 aliphatic carbocycles. The number of hydrogen-bond acceptors (Lipinski definition) is 4. The van der Waals surface area contributed by atoms with Crippen molar-refractivity contribution in [3.05, 3.63) is 29.8 Å². The van der Waals surface area contributed by atoms with Gasteiger partial charge in [-0.1, -0.05) is 19.3 Å². The molecule has 25 heavy (non-hydrogen) atoms. The van der Waals surface area contributed by atoms with Gasteiger partial charge >= 0.3 is 0 Å². The number of H-pyrrole nitrogens is 1. The van der Waals surface area contributed by atoms with E-state index in [2.05, 4.69) is 34.6 Å². The van der Waals surface area contributed by atoms with E-state index in [4.69, 9.17) is 20.0 Å². The molecule has 3 heterocycles. The monoisotopic (exact) mass is 341 g/mol. The number of hydrogen-bond donors (Lipinski definition) is 2. The van der Waals surface area contributed by atoms with Crippen LogP contribution in [0.2, 0.25) is 0 Å². The molecule has 1 fully saturated rings. The molecule has 0 aromatic carbocycles. The summed E-state index contributed by atoms with van der Waals surface area (Å²) in [7, 11) is 0. The molecule has 0 atom stereocenters. The highest BCUT2D eigenvalue weighted by Gasteiger charge is 2.21. The van der Waals surface area contributed by atoms with Crippen LogP contribution in [0.3, 0.4) is 0 Å². The minimum absolute atomic E-state index is 0.250. The third-order valence-corrected chi connectivity index (χ3v) is 4.73. The Morgan fingerprint density at radius 1 is 1.28 bits per heavy atom. The van der Waals surface area contributed by atoms with Gasteiger partial charge in [0.1, 0.15) is 0 Å². The van der Waals surface area contributed by atoms with Crippen molar-refractivity contribution in [3.63, 3.8) is 0 Å². The predicted molar refractivity (Wildman–Crippen MR) is 95.4 cm³/mol. The zero-order valence-electron chi connectivity index (χ0n) is 14.6. The standard InChI is InChI=1S/C17H21N5.CH2O2/c1-11-8-14(15-9-18-10-19-15)20-17-16(11)12(2)21-22(17)13-6-4-3-5-7-13;2-1-3/h8-10,13H,3-7H2,1-2H3,(H,18,19);1H,(H,2,3). The molecule has 0 radical (unpaired) electrons. The number of pyridine rings is 1. The van der Waals surface area contributed by atoms with Gasteiger partial charge in [-0.05, 0) is 38.3 Å². The topological polar surface area (TPSA) is 96.7 Å². The predicted octanol–water partition coefficient (Wildman–Crippen LogP) is 3.64. The van der Waals surface area contributed by atoms with E-state index in [0.717, 1.165) is 22.7 Å². The minimum atomic E-state index is -0.250. The largest absolute Gasteiger partial charge is 0.483 e. The van der Waals surface area contributed by atoms with Gasteiger partial charge in [0.05, 0.1) is 35.6 Å². The number of carbonyl (C=O) groups is 1. The zero-order valence-corrected chi connectivity index (χ0v) is 14.6. The first-order valence-corrected chi connectivity index (χ1v) is 8.58. The summed E-state index contributed by atoms with van der Waals surface area (Å²) in [5, 5.41) is 12.9. The lowest BCUT2D eigenvalue weighted by Gasteiger charge is -2.22. The van der Waals surface area contributed by atoms with Gasteiger partial charge in [-0.3, -0.25) is 4.79 Å². The summed E-state index contributed by atoms with van der Waals surface area (Å²) in [6, 6.07) is 2.62. The third kappa shape index (κ3) is 3.40. The van der Waals surface area contributed by atoms with Crippen molar-refractivity contribution < 1.29 is 9.90 Å². The van der Waals surface area contributed by atoms with Crippen LogP contribution in [0.5, 0.6) is 0 Å². The van der Waals surface area contributed by atoms with Crippen molar-refractivity contribution in [2.24, 2.45) is 0 Å². The molecule has 3 aromatic rings. The van der Waals surface area contributed by atoms with Crippen LogP contribution in [0.1, 0.15) is 49.4 Å². The molecule has 2 N–H and O–H groups in total. The number of aromatic amines is 1. The average molecular weight is 341 g/mol. The second-order valence-corrected chi connectivity index (χ2v) is 6.42. The van der Waals surface area contributed by atoms with Crippen molar-refractivity contribution >= 4 is 17.5 Å². The summed E-state index contributed by atoms with van der Waals surface area (Å²) in [5.41, 5.74) is 5.24. The van der Waals surface area contributed by atoms with E-state index in [-0.39, 0.29) is 6.47 Å². The Labute approximate surface area is 146 Å². The molecule has 1 saturated carbocycles. The highest BCUT2D eigenvalue weighted by molar-refractivity contribution is 5.84. The SMILES string of the molecule is Cc1cc(-c2cnc[nH]2)nc2c1c(C)nn2C1CCCCC1.O=CO. The maximum atomic E-state index is 8.36. The van der Waals surface area contributed by atoms with Crippen LogP contribution in [0.25, 0.3) is 22.4 Å². The molecule has 0 bridgehead atoms. The Bertz CT molecular complexity index is 848. The molecule has 0 spiro atoms. The lowest BCUT2D eigenvalue weighted by molar-refractivity contribution is -0.122. The molecular formula is C18H23N5O2. The van der Waals surface area contributed by atoms with Gasteiger partial charge in [-0.15, -0.1) is 0 Å². The van der Waals surface area contributed by atoms with Crippen LogP contribution < -0.4 is 0 Å². The van der Waals surface area contributed by atoms with E-state index >= 15 is 0 Å². The Morgan fingerprint density at radius 2 is 2.00 bits per heavy atom. The van der Waals surface area contributed by atoms with Crippen LogP contribution >= 0.6 is 0 Å². The molecule has 1 aliphatic rings. The average Bonchev–Trinajstić information content (AvgIpc) is 3.25. The maximum Gasteiger partial charge on any atom is 0.290 e. The number of nitrogens with one attached hydrogen (secondary N) is 1. The van der Waals surface area contributed by atoms with E-state index in [1.165, 1.54) is 43.1 Å². The number of imidazole rings is 1. The van der Waals surface area contributed by atoms with E-state index in [0.29, 0.717) is 6.04 Å². The van der Waals surface area contributed by atoms with E-state index in [9.17, 15) is 0 Å². The maximum absolute atomic E-state index is 8.36. The first-order valence-electron chi connectivity index (χ1n) is 8.58. The molecule has 7 heteroatoms. The molecule has 0 saturated heterocycles. The van der Waals surface area contributed by atoms with Crippen LogP contribution in [-0.2, 0) is 4.79 Å². The number of fused-ring (bicyclic) bond motifs is 1. The first kappa shape index (κ1) is 17.1. The van der Waals surface area contributed by atoms with Gasteiger partial charge in [0.25, 0.3) is 6.47 Å². The van der Waals surface area contributed by atoms with Crippen LogP contribution in [0.15, 0.2) is 18.6 Å². The fraction of sp³-hybridized carbons (Fsp3) is 0.444. The summed E-state index contributed by atoms with van der Waals surface area (Å²) < 4.78 is 2.18. The molecule has 7 nitrogen and oxygen atoms in total. The number of rotatable bonds is 2. The summed E-state index contributed by atoms with van der Waals surface area (Å²) in [5.74, 6) is 0. The first-order chi connectivity index (χ1) is 12.2. The highest BCUT2D eigenvalue weighted by atomic mass is 16.3. The molecule has 132 valence electrons.